The molecule has 6 rings (SSSR count). The van der Waals surface area contributed by atoms with Crippen LogP contribution < -0.4 is 4.72 Å². The molecule has 198 valence electrons. The summed E-state index contributed by atoms with van der Waals surface area (Å²) in [6.07, 6.45) is 1.38. The van der Waals surface area contributed by atoms with E-state index in [0.717, 1.165) is 25.9 Å². The van der Waals surface area contributed by atoms with Crippen molar-refractivity contribution < 1.29 is 27.2 Å². The van der Waals surface area contributed by atoms with Gasteiger partial charge in [0.25, 0.3) is 0 Å². The monoisotopic (exact) mass is 533 g/mol. The number of nitrogens with one attached hydrogen (secondary N) is 1. The number of rotatable bonds is 10. The SMILES string of the molecule is O=C(C[N+]12CCC(CC1)[C@@H](OC(=O)C(NS(=O)(=O)Cc1ccccc1)c1ccccc1)C2)c1ccccc1. The van der Waals surface area contributed by atoms with Gasteiger partial charge in [-0.2, -0.15) is 4.72 Å². The van der Waals surface area contributed by atoms with Crippen molar-refractivity contribution in [3.8, 4) is 0 Å². The minimum atomic E-state index is -3.84. The second-order valence-corrected chi connectivity index (χ2v) is 12.2. The molecular formula is C30H33N2O5S+. The minimum absolute atomic E-state index is 0.0897. The third-order valence-corrected chi connectivity index (χ3v) is 9.06. The molecular weight excluding hydrogens is 500 g/mol. The zero-order valence-electron chi connectivity index (χ0n) is 21.2. The van der Waals surface area contributed by atoms with Gasteiger partial charge in [-0.05, 0) is 11.1 Å². The Morgan fingerprint density at radius 2 is 1.45 bits per heavy atom. The van der Waals surface area contributed by atoms with Crippen molar-refractivity contribution in [3.63, 3.8) is 0 Å². The Morgan fingerprint density at radius 3 is 2.08 bits per heavy atom. The molecule has 38 heavy (non-hydrogen) atoms. The van der Waals surface area contributed by atoms with Crippen LogP contribution in [0.2, 0.25) is 0 Å². The number of nitrogens with zero attached hydrogens (tertiary/aromatic N) is 1. The number of ketones is 1. The average molecular weight is 534 g/mol. The molecule has 8 heteroatoms. The molecule has 0 aromatic heterocycles. The third kappa shape index (κ3) is 6.20. The average Bonchev–Trinajstić information content (AvgIpc) is 2.93. The van der Waals surface area contributed by atoms with E-state index in [1.54, 1.807) is 48.5 Å². The largest absolute Gasteiger partial charge is 0.455 e. The first-order valence-electron chi connectivity index (χ1n) is 13.1. The molecule has 3 aliphatic heterocycles. The van der Waals surface area contributed by atoms with Crippen molar-refractivity contribution in [1.82, 2.24) is 4.72 Å². The van der Waals surface area contributed by atoms with E-state index < -0.39 is 22.0 Å². The molecule has 1 unspecified atom stereocenters. The quantitative estimate of drug-likeness (QED) is 0.243. The Balaban J connectivity index is 1.31. The molecule has 0 saturated carbocycles. The van der Waals surface area contributed by atoms with Gasteiger partial charge in [-0.1, -0.05) is 91.0 Å². The summed E-state index contributed by atoms with van der Waals surface area (Å²) in [7, 11) is -3.84. The summed E-state index contributed by atoms with van der Waals surface area (Å²) in [4.78, 5) is 26.6. The smallest absolute Gasteiger partial charge is 0.329 e. The molecule has 1 N–H and O–H groups in total. The van der Waals surface area contributed by atoms with Gasteiger partial charge < -0.3 is 9.22 Å². The Labute approximate surface area is 224 Å². The minimum Gasteiger partial charge on any atom is -0.455 e. The van der Waals surface area contributed by atoms with Gasteiger partial charge in [-0.3, -0.25) is 4.79 Å². The van der Waals surface area contributed by atoms with Crippen LogP contribution in [0.3, 0.4) is 0 Å². The fourth-order valence-electron chi connectivity index (χ4n) is 5.73. The first-order chi connectivity index (χ1) is 18.3. The molecule has 3 heterocycles. The van der Waals surface area contributed by atoms with Crippen LogP contribution in [0.15, 0.2) is 91.0 Å². The summed E-state index contributed by atoms with van der Waals surface area (Å²) in [5.41, 5.74) is 1.85. The van der Waals surface area contributed by atoms with E-state index in [-0.39, 0.29) is 23.6 Å². The zero-order valence-corrected chi connectivity index (χ0v) is 22.1. The number of benzene rings is 3. The van der Waals surface area contributed by atoms with Gasteiger partial charge >= 0.3 is 5.97 Å². The van der Waals surface area contributed by atoms with Crippen molar-refractivity contribution in [3.05, 3.63) is 108 Å². The fraction of sp³-hybridized carbons (Fsp3) is 0.333. The number of hydrogen-bond donors (Lipinski definition) is 1. The number of carbonyl (C=O) groups is 2. The highest BCUT2D eigenvalue weighted by atomic mass is 32.2. The van der Waals surface area contributed by atoms with Gasteiger partial charge in [0.2, 0.25) is 15.8 Å². The molecule has 3 aromatic carbocycles. The third-order valence-electron chi connectivity index (χ3n) is 7.75. The molecule has 7 nitrogen and oxygen atoms in total. The van der Waals surface area contributed by atoms with Crippen LogP contribution in [0.1, 0.15) is 40.4 Å². The van der Waals surface area contributed by atoms with Gasteiger partial charge in [0.15, 0.2) is 6.10 Å². The lowest BCUT2D eigenvalue weighted by Crippen LogP contribution is -2.66. The highest BCUT2D eigenvalue weighted by Crippen LogP contribution is 2.36. The van der Waals surface area contributed by atoms with Crippen molar-refractivity contribution >= 4 is 21.8 Å². The number of sulfonamides is 1. The van der Waals surface area contributed by atoms with Gasteiger partial charge in [0.1, 0.15) is 19.1 Å². The van der Waals surface area contributed by atoms with E-state index in [1.165, 1.54) is 0 Å². The van der Waals surface area contributed by atoms with E-state index >= 15 is 0 Å². The molecule has 3 saturated heterocycles. The Hall–Kier alpha value is -3.33. The van der Waals surface area contributed by atoms with Crippen LogP contribution >= 0.6 is 0 Å². The number of quaternary nitrogens is 1. The van der Waals surface area contributed by atoms with Gasteiger partial charge in [-0.15, -0.1) is 0 Å². The molecule has 2 bridgehead atoms. The lowest BCUT2D eigenvalue weighted by atomic mass is 9.82. The molecule has 2 atom stereocenters. The lowest BCUT2D eigenvalue weighted by molar-refractivity contribution is -0.938. The van der Waals surface area contributed by atoms with Crippen LogP contribution in [0, 0.1) is 5.92 Å². The number of fused-ring (bicyclic) bond motifs is 3. The normalized spacial score (nSPS) is 23.5. The van der Waals surface area contributed by atoms with E-state index in [0.29, 0.717) is 34.3 Å². The van der Waals surface area contributed by atoms with Crippen LogP contribution in [0.4, 0.5) is 0 Å². The second kappa shape index (κ2) is 11.2. The molecule has 3 fully saturated rings. The number of carbonyl (C=O) groups excluding carboxylic acids is 2. The van der Waals surface area contributed by atoms with Gasteiger partial charge in [-0.25, -0.2) is 13.2 Å². The van der Waals surface area contributed by atoms with Crippen molar-refractivity contribution in [2.45, 2.75) is 30.7 Å². The molecule has 0 amide bonds. The lowest BCUT2D eigenvalue weighted by Gasteiger charge is -2.51. The fourth-order valence-corrected chi connectivity index (χ4v) is 7.03. The maximum atomic E-state index is 13.5. The Morgan fingerprint density at radius 1 is 0.868 bits per heavy atom. The van der Waals surface area contributed by atoms with E-state index in [4.69, 9.17) is 4.74 Å². The summed E-state index contributed by atoms with van der Waals surface area (Å²) in [6, 6.07) is 25.8. The number of piperidine rings is 3. The van der Waals surface area contributed by atoms with E-state index in [9.17, 15) is 18.0 Å². The van der Waals surface area contributed by atoms with Crippen LogP contribution in [0.5, 0.6) is 0 Å². The van der Waals surface area contributed by atoms with Crippen LogP contribution in [-0.4, -0.2) is 56.9 Å². The van der Waals surface area contributed by atoms with Gasteiger partial charge in [0, 0.05) is 24.3 Å². The zero-order chi connectivity index (χ0) is 26.6. The topological polar surface area (TPSA) is 89.5 Å². The highest BCUT2D eigenvalue weighted by Gasteiger charge is 2.49. The predicted octanol–water partition coefficient (Wildman–Crippen LogP) is 3.88. The number of hydrogen-bond acceptors (Lipinski definition) is 5. The van der Waals surface area contributed by atoms with E-state index in [1.807, 2.05) is 42.5 Å². The molecule has 0 aliphatic carbocycles. The maximum Gasteiger partial charge on any atom is 0.329 e. The highest BCUT2D eigenvalue weighted by molar-refractivity contribution is 7.88. The van der Waals surface area contributed by atoms with Crippen molar-refractivity contribution in [1.29, 1.82) is 0 Å². The van der Waals surface area contributed by atoms with E-state index in [2.05, 4.69) is 4.72 Å². The molecule has 3 aliphatic rings. The number of esters is 1. The molecule has 3 aromatic rings. The Bertz CT molecular complexity index is 1360. The standard InChI is InChI=1S/C30H33N2O5S/c33-27(24-12-6-2-7-13-24)20-32-18-16-25(17-19-32)28(21-32)37-30(34)29(26-14-8-3-9-15-26)31-38(35,36)22-23-10-4-1-5-11-23/h1-15,25,28-29,31H,16-22H2/q+1/t25?,28-,29?,32?/m0/s1. The van der Waals surface area contributed by atoms with Crippen molar-refractivity contribution in [2.24, 2.45) is 5.92 Å². The summed E-state index contributed by atoms with van der Waals surface area (Å²) < 4.78 is 35.4. The summed E-state index contributed by atoms with van der Waals surface area (Å²) >= 11 is 0. The molecule has 0 spiro atoms. The predicted molar refractivity (Wildman–Crippen MR) is 144 cm³/mol. The Kier molecular flexibility index (Phi) is 7.74. The van der Waals surface area contributed by atoms with Crippen LogP contribution in [-0.2, 0) is 25.3 Å². The van der Waals surface area contributed by atoms with Crippen LogP contribution in [0.25, 0.3) is 0 Å². The molecule has 0 radical (unpaired) electrons. The summed E-state index contributed by atoms with van der Waals surface area (Å²) in [6.45, 7) is 2.69. The maximum absolute atomic E-state index is 13.5. The second-order valence-electron chi connectivity index (χ2n) is 10.4. The summed E-state index contributed by atoms with van der Waals surface area (Å²) in [5.74, 6) is -0.549. The first-order valence-corrected chi connectivity index (χ1v) is 14.7. The number of Topliss-reactive ketones (excluding diaryl/α,β-unsaturated/α-hetero) is 1. The first kappa shape index (κ1) is 26.3. The van der Waals surface area contributed by atoms with Gasteiger partial charge in [0.05, 0.1) is 18.8 Å². The number of ether oxygens (including phenoxy) is 1. The van der Waals surface area contributed by atoms with Crippen molar-refractivity contribution in [2.75, 3.05) is 26.2 Å². The summed E-state index contributed by atoms with van der Waals surface area (Å²) in [5, 5.41) is 0.